The molecule has 2 aliphatic rings. The molecule has 0 bridgehead atoms. The van der Waals surface area contributed by atoms with E-state index in [0.717, 1.165) is 39.1 Å². The van der Waals surface area contributed by atoms with Crippen molar-refractivity contribution in [1.82, 2.24) is 4.90 Å². The molecule has 0 aromatic heterocycles. The first-order valence-electron chi connectivity index (χ1n) is 5.36. The number of hydrogen-bond acceptors (Lipinski definition) is 3. The van der Waals surface area contributed by atoms with Crippen LogP contribution in [0, 0.1) is 0 Å². The quantitative estimate of drug-likeness (QED) is 0.684. The van der Waals surface area contributed by atoms with Gasteiger partial charge in [-0.15, -0.1) is 0 Å². The Morgan fingerprint density at radius 3 is 2.92 bits per heavy atom. The minimum Gasteiger partial charge on any atom is -0.392 e. The molecule has 0 amide bonds. The first kappa shape index (κ1) is 9.44. The molecule has 0 radical (unpaired) electrons. The Morgan fingerprint density at radius 1 is 1.31 bits per heavy atom. The number of piperidine rings is 1. The van der Waals surface area contributed by atoms with Crippen molar-refractivity contribution in [2.75, 3.05) is 26.2 Å². The lowest BCUT2D eigenvalue weighted by atomic mass is 10.1. The summed E-state index contributed by atoms with van der Waals surface area (Å²) in [5.74, 6) is 0. The van der Waals surface area contributed by atoms with Gasteiger partial charge >= 0.3 is 0 Å². The number of nitrogens with zero attached hydrogens (tertiary/aromatic N) is 1. The van der Waals surface area contributed by atoms with Crippen LogP contribution in [0.1, 0.15) is 25.7 Å². The number of hydrogen-bond donors (Lipinski definition) is 1. The second-order valence-corrected chi connectivity index (χ2v) is 4.19. The molecule has 76 valence electrons. The van der Waals surface area contributed by atoms with Crippen LogP contribution >= 0.6 is 0 Å². The summed E-state index contributed by atoms with van der Waals surface area (Å²) in [5.41, 5.74) is 0. The summed E-state index contributed by atoms with van der Waals surface area (Å²) in [4.78, 5) is 2.34. The lowest BCUT2D eigenvalue weighted by Gasteiger charge is -2.31. The highest BCUT2D eigenvalue weighted by Crippen LogP contribution is 2.16. The second-order valence-electron chi connectivity index (χ2n) is 4.19. The van der Waals surface area contributed by atoms with Gasteiger partial charge in [-0.2, -0.15) is 0 Å². The summed E-state index contributed by atoms with van der Waals surface area (Å²) >= 11 is 0. The van der Waals surface area contributed by atoms with Crippen molar-refractivity contribution in [3.8, 4) is 0 Å². The van der Waals surface area contributed by atoms with Crippen molar-refractivity contribution in [3.05, 3.63) is 0 Å². The van der Waals surface area contributed by atoms with Gasteiger partial charge in [0.15, 0.2) is 0 Å². The molecule has 2 fully saturated rings. The minimum atomic E-state index is -0.102. The third-order valence-electron chi connectivity index (χ3n) is 2.97. The fraction of sp³-hybridized carbons (Fsp3) is 1.00. The van der Waals surface area contributed by atoms with Crippen LogP contribution < -0.4 is 0 Å². The van der Waals surface area contributed by atoms with Crippen molar-refractivity contribution in [2.45, 2.75) is 37.9 Å². The fourth-order valence-corrected chi connectivity index (χ4v) is 2.27. The maximum absolute atomic E-state index is 9.47. The smallest absolute Gasteiger partial charge is 0.0702 e. The Morgan fingerprint density at radius 2 is 2.23 bits per heavy atom. The molecule has 2 atom stereocenters. The standard InChI is InChI=1S/C10H19NO2/c12-9-3-1-5-11(7-9)8-10-4-2-6-13-10/h9-10,12H,1-8H2/t9-,10-/m0/s1. The number of rotatable bonds is 2. The highest BCUT2D eigenvalue weighted by atomic mass is 16.5. The van der Waals surface area contributed by atoms with Gasteiger partial charge in [0, 0.05) is 19.7 Å². The Balaban J connectivity index is 1.73. The highest BCUT2D eigenvalue weighted by Gasteiger charge is 2.23. The molecule has 0 spiro atoms. The lowest BCUT2D eigenvalue weighted by molar-refractivity contribution is 0.0276. The van der Waals surface area contributed by atoms with Crippen molar-refractivity contribution in [1.29, 1.82) is 0 Å². The third kappa shape index (κ3) is 2.66. The summed E-state index contributed by atoms with van der Waals surface area (Å²) in [6.07, 6.45) is 4.85. The van der Waals surface area contributed by atoms with E-state index in [4.69, 9.17) is 4.74 Å². The molecule has 0 aromatic carbocycles. The van der Waals surface area contributed by atoms with Gasteiger partial charge in [0.25, 0.3) is 0 Å². The van der Waals surface area contributed by atoms with Crippen LogP contribution in [-0.2, 0) is 4.74 Å². The third-order valence-corrected chi connectivity index (χ3v) is 2.97. The average molecular weight is 185 g/mol. The van der Waals surface area contributed by atoms with Crippen LogP contribution in [0.3, 0.4) is 0 Å². The molecule has 2 heterocycles. The predicted molar refractivity (Wildman–Crippen MR) is 50.7 cm³/mol. The monoisotopic (exact) mass is 185 g/mol. The van der Waals surface area contributed by atoms with E-state index >= 15 is 0 Å². The zero-order valence-corrected chi connectivity index (χ0v) is 8.11. The van der Waals surface area contributed by atoms with Crippen LogP contribution in [0.15, 0.2) is 0 Å². The van der Waals surface area contributed by atoms with Gasteiger partial charge in [0.1, 0.15) is 0 Å². The summed E-state index contributed by atoms with van der Waals surface area (Å²) in [5, 5.41) is 9.47. The largest absolute Gasteiger partial charge is 0.392 e. The van der Waals surface area contributed by atoms with E-state index in [0.29, 0.717) is 6.10 Å². The van der Waals surface area contributed by atoms with E-state index in [9.17, 15) is 5.11 Å². The predicted octanol–water partition coefficient (Wildman–Crippen LogP) is 0.622. The minimum absolute atomic E-state index is 0.102. The van der Waals surface area contributed by atoms with Gasteiger partial charge in [-0.25, -0.2) is 0 Å². The molecule has 0 aromatic rings. The molecule has 13 heavy (non-hydrogen) atoms. The molecule has 3 heteroatoms. The van der Waals surface area contributed by atoms with E-state index in [1.165, 1.54) is 12.8 Å². The molecule has 1 N–H and O–H groups in total. The summed E-state index contributed by atoms with van der Waals surface area (Å²) in [6, 6.07) is 0. The van der Waals surface area contributed by atoms with E-state index in [-0.39, 0.29) is 6.10 Å². The maximum Gasteiger partial charge on any atom is 0.0702 e. The first-order valence-corrected chi connectivity index (χ1v) is 5.36. The van der Waals surface area contributed by atoms with Gasteiger partial charge in [0.05, 0.1) is 12.2 Å². The van der Waals surface area contributed by atoms with E-state index < -0.39 is 0 Å². The van der Waals surface area contributed by atoms with Crippen molar-refractivity contribution in [3.63, 3.8) is 0 Å². The van der Waals surface area contributed by atoms with Gasteiger partial charge in [-0.3, -0.25) is 4.90 Å². The molecular formula is C10H19NO2. The van der Waals surface area contributed by atoms with Gasteiger partial charge in [-0.05, 0) is 32.2 Å². The molecule has 2 rings (SSSR count). The van der Waals surface area contributed by atoms with E-state index in [1.54, 1.807) is 0 Å². The van der Waals surface area contributed by atoms with Crippen LogP contribution in [0.25, 0.3) is 0 Å². The molecule has 0 saturated carbocycles. The zero-order chi connectivity index (χ0) is 9.10. The Hall–Kier alpha value is -0.120. The highest BCUT2D eigenvalue weighted by molar-refractivity contribution is 4.76. The number of β-amino-alcohol motifs (C(OH)–C–C–N with tert-alkyl or cyclic N) is 1. The van der Waals surface area contributed by atoms with Crippen molar-refractivity contribution < 1.29 is 9.84 Å². The average Bonchev–Trinajstić information content (AvgIpc) is 2.57. The SMILES string of the molecule is O[C@H]1CCCN(C[C@@H]2CCCO2)C1. The molecule has 0 aliphatic carbocycles. The van der Waals surface area contributed by atoms with Crippen LogP contribution in [0.2, 0.25) is 0 Å². The molecular weight excluding hydrogens is 166 g/mol. The van der Waals surface area contributed by atoms with E-state index in [1.807, 2.05) is 0 Å². The zero-order valence-electron chi connectivity index (χ0n) is 8.11. The number of aliphatic hydroxyl groups excluding tert-OH is 1. The Labute approximate surface area is 79.7 Å². The van der Waals surface area contributed by atoms with Gasteiger partial charge in [0.2, 0.25) is 0 Å². The van der Waals surface area contributed by atoms with Crippen LogP contribution in [0.4, 0.5) is 0 Å². The summed E-state index contributed by atoms with van der Waals surface area (Å²) < 4.78 is 5.57. The molecule has 2 aliphatic heterocycles. The first-order chi connectivity index (χ1) is 6.34. The van der Waals surface area contributed by atoms with Gasteiger partial charge in [-0.1, -0.05) is 0 Å². The van der Waals surface area contributed by atoms with Crippen LogP contribution in [-0.4, -0.2) is 48.5 Å². The Kier molecular flexibility index (Phi) is 3.19. The summed E-state index contributed by atoms with van der Waals surface area (Å²) in [7, 11) is 0. The molecule has 3 nitrogen and oxygen atoms in total. The summed E-state index contributed by atoms with van der Waals surface area (Å²) in [6.45, 7) is 3.94. The number of ether oxygens (including phenoxy) is 1. The molecule has 2 saturated heterocycles. The van der Waals surface area contributed by atoms with Crippen molar-refractivity contribution >= 4 is 0 Å². The van der Waals surface area contributed by atoms with Crippen LogP contribution in [0.5, 0.6) is 0 Å². The number of likely N-dealkylation sites (tertiary alicyclic amines) is 1. The normalized spacial score (nSPS) is 36.7. The maximum atomic E-state index is 9.47. The topological polar surface area (TPSA) is 32.7 Å². The number of aliphatic hydroxyl groups is 1. The second kappa shape index (κ2) is 4.40. The van der Waals surface area contributed by atoms with Gasteiger partial charge < -0.3 is 9.84 Å². The van der Waals surface area contributed by atoms with E-state index in [2.05, 4.69) is 4.90 Å². The fourth-order valence-electron chi connectivity index (χ4n) is 2.27. The lowest BCUT2D eigenvalue weighted by Crippen LogP contribution is -2.42. The Bertz CT molecular complexity index is 157. The molecule has 0 unspecified atom stereocenters. The van der Waals surface area contributed by atoms with Crippen molar-refractivity contribution in [2.24, 2.45) is 0 Å².